The second-order valence-corrected chi connectivity index (χ2v) is 15.9. The van der Waals surface area contributed by atoms with Crippen molar-refractivity contribution in [2.24, 2.45) is 22.7 Å². The van der Waals surface area contributed by atoms with E-state index < -0.39 is 28.5 Å². The first-order valence-electron chi connectivity index (χ1n) is 17.5. The zero-order chi connectivity index (χ0) is 35.8. The Kier molecular flexibility index (Phi) is 10.1. The molecular weight excluding hydrogens is 660 g/mol. The number of carbonyl (C=O) groups excluding carboxylic acids is 2. The lowest BCUT2D eigenvalue weighted by Crippen LogP contribution is -2.71. The summed E-state index contributed by atoms with van der Waals surface area (Å²) in [7, 11) is 0. The van der Waals surface area contributed by atoms with Crippen molar-refractivity contribution >= 4 is 41.4 Å². The van der Waals surface area contributed by atoms with Crippen LogP contribution in [0.2, 0.25) is 5.02 Å². The number of nitrogens with one attached hydrogen (secondary N) is 2. The molecular formula is C37H47ClN6O6. The number of ether oxygens (including phenoxy) is 2. The maximum Gasteiger partial charge on any atom is 0.320 e. The molecule has 2 aliphatic carbocycles. The number of carboxylic acids is 1. The van der Waals surface area contributed by atoms with Crippen molar-refractivity contribution in [3.8, 4) is 11.8 Å². The molecule has 13 heteroatoms. The minimum atomic E-state index is -0.825. The number of rotatable bonds is 12. The average molecular weight is 707 g/mol. The minimum Gasteiger partial charge on any atom is -0.489 e. The summed E-state index contributed by atoms with van der Waals surface area (Å²) in [6.45, 7) is 11.0. The van der Waals surface area contributed by atoms with Gasteiger partial charge in [-0.1, -0.05) is 39.3 Å². The summed E-state index contributed by atoms with van der Waals surface area (Å²) in [5, 5.41) is 25.1. The number of nitriles is 1. The van der Waals surface area contributed by atoms with Crippen molar-refractivity contribution in [1.82, 2.24) is 15.6 Å². The Bertz CT molecular complexity index is 1620. The van der Waals surface area contributed by atoms with E-state index in [0.717, 1.165) is 44.6 Å². The lowest BCUT2D eigenvalue weighted by molar-refractivity contribution is -0.202. The maximum absolute atomic E-state index is 13.9. The van der Waals surface area contributed by atoms with Gasteiger partial charge in [0, 0.05) is 36.6 Å². The topological polar surface area (TPSA) is 157 Å². The highest BCUT2D eigenvalue weighted by molar-refractivity contribution is 6.31. The fourth-order valence-electron chi connectivity index (χ4n) is 8.69. The Balaban J connectivity index is 1.03. The highest BCUT2D eigenvalue weighted by atomic mass is 35.5. The van der Waals surface area contributed by atoms with Gasteiger partial charge in [0.05, 0.1) is 34.5 Å². The summed E-state index contributed by atoms with van der Waals surface area (Å²) in [5.74, 6) is 0.463. The predicted molar refractivity (Wildman–Crippen MR) is 188 cm³/mol. The molecule has 4 fully saturated rings. The van der Waals surface area contributed by atoms with Crippen LogP contribution in [-0.2, 0) is 19.1 Å². The fourth-order valence-corrected chi connectivity index (χ4v) is 8.90. The van der Waals surface area contributed by atoms with Crippen LogP contribution >= 0.6 is 11.6 Å². The van der Waals surface area contributed by atoms with Gasteiger partial charge in [0.1, 0.15) is 35.4 Å². The number of anilines is 2. The fraction of sp³-hybridized carbons (Fsp3) is 0.595. The van der Waals surface area contributed by atoms with Crippen LogP contribution in [0.5, 0.6) is 5.75 Å². The number of aliphatic carboxylic acids is 1. The maximum atomic E-state index is 13.9. The molecule has 0 spiro atoms. The Morgan fingerprint density at radius 1 is 1.16 bits per heavy atom. The molecule has 2 amide bonds. The number of hydrogen-bond acceptors (Lipinski definition) is 9. The molecule has 4 aliphatic rings. The van der Waals surface area contributed by atoms with E-state index in [1.54, 1.807) is 29.3 Å². The Morgan fingerprint density at radius 3 is 2.46 bits per heavy atom. The molecule has 1 aromatic carbocycles. The van der Waals surface area contributed by atoms with E-state index >= 15 is 0 Å². The molecule has 268 valence electrons. The number of carbonyl (C=O) groups is 3. The number of carboxylic acid groups (broad SMARTS) is 1. The number of halogens is 1. The summed E-state index contributed by atoms with van der Waals surface area (Å²) >= 11 is 6.24. The zero-order valence-corrected chi connectivity index (χ0v) is 29.9. The summed E-state index contributed by atoms with van der Waals surface area (Å²) in [5.41, 5.74) is -0.849. The highest BCUT2D eigenvalue weighted by Crippen LogP contribution is 2.61. The second kappa shape index (κ2) is 14.0. The molecule has 2 saturated heterocycles. The van der Waals surface area contributed by atoms with Crippen molar-refractivity contribution in [1.29, 1.82) is 5.26 Å². The van der Waals surface area contributed by atoms with Crippen LogP contribution in [0.4, 0.5) is 11.5 Å². The van der Waals surface area contributed by atoms with Crippen molar-refractivity contribution in [3.05, 3.63) is 47.1 Å². The number of amides is 2. The number of piperidine rings is 2. The number of nitrogens with zero attached hydrogens (tertiary/aromatic N) is 4. The third-order valence-electron chi connectivity index (χ3n) is 11.2. The van der Waals surface area contributed by atoms with Crippen molar-refractivity contribution < 1.29 is 29.0 Å². The molecule has 0 bridgehead atoms. The van der Waals surface area contributed by atoms with Gasteiger partial charge in [0.2, 0.25) is 12.3 Å². The molecule has 2 saturated carbocycles. The molecule has 0 unspecified atom stereocenters. The largest absolute Gasteiger partial charge is 0.489 e. The third kappa shape index (κ3) is 7.00. The number of hydrogen-bond donors (Lipinski definition) is 3. The summed E-state index contributed by atoms with van der Waals surface area (Å²) in [6, 6.07) is 10.3. The Hall–Kier alpha value is -3.92. The molecule has 1 aromatic heterocycles. The van der Waals surface area contributed by atoms with E-state index in [4.69, 9.17) is 26.1 Å². The first-order chi connectivity index (χ1) is 23.8. The van der Waals surface area contributed by atoms with Gasteiger partial charge < -0.3 is 30.1 Å². The summed E-state index contributed by atoms with van der Waals surface area (Å²) in [4.78, 5) is 46.3. The van der Waals surface area contributed by atoms with Crippen molar-refractivity contribution in [3.63, 3.8) is 0 Å². The normalized spacial score (nSPS) is 26.5. The van der Waals surface area contributed by atoms with Gasteiger partial charge in [-0.25, -0.2) is 4.98 Å². The Labute approximate surface area is 298 Å². The molecule has 12 nitrogen and oxygen atoms in total. The van der Waals surface area contributed by atoms with Gasteiger partial charge in [0.15, 0.2) is 0 Å². The van der Waals surface area contributed by atoms with Crippen LogP contribution in [0.25, 0.3) is 0 Å². The summed E-state index contributed by atoms with van der Waals surface area (Å²) in [6.07, 6.45) is 6.66. The van der Waals surface area contributed by atoms with Crippen LogP contribution in [0.1, 0.15) is 71.8 Å². The molecule has 3 heterocycles. The van der Waals surface area contributed by atoms with Crippen LogP contribution < -0.4 is 25.2 Å². The van der Waals surface area contributed by atoms with Crippen molar-refractivity contribution in [2.45, 2.75) is 90.1 Å². The monoisotopic (exact) mass is 706 g/mol. The SMILES string of the molecule is CC1(C)C(Oc2ccc(C#N)c(Cl)c2)C(C)(C)C1C(=O)NC1(N(C=O)c2ccc(N3CCC(CO[C@@H]4CCN[C@@H](C(=O)O)C4)CC3)nc2)CC1. The van der Waals surface area contributed by atoms with Crippen LogP contribution in [0, 0.1) is 34.0 Å². The smallest absolute Gasteiger partial charge is 0.320 e. The van der Waals surface area contributed by atoms with Gasteiger partial charge in [-0.05, 0) is 75.3 Å². The minimum absolute atomic E-state index is 0.0253. The lowest BCUT2D eigenvalue weighted by atomic mass is 9.45. The van der Waals surface area contributed by atoms with E-state index in [1.165, 1.54) is 0 Å². The van der Waals surface area contributed by atoms with E-state index in [0.29, 0.717) is 60.4 Å². The first kappa shape index (κ1) is 35.9. The molecule has 2 atom stereocenters. The van der Waals surface area contributed by atoms with E-state index in [9.17, 15) is 24.8 Å². The zero-order valence-electron chi connectivity index (χ0n) is 29.2. The quantitative estimate of drug-likeness (QED) is 0.208. The number of pyridine rings is 1. The van der Waals surface area contributed by atoms with Crippen molar-refractivity contribution in [2.75, 3.05) is 36.0 Å². The Morgan fingerprint density at radius 2 is 1.88 bits per heavy atom. The highest BCUT2D eigenvalue weighted by Gasteiger charge is 2.67. The molecule has 3 N–H and O–H groups in total. The van der Waals surface area contributed by atoms with Gasteiger partial charge in [-0.3, -0.25) is 19.3 Å². The molecule has 6 rings (SSSR count). The van der Waals surface area contributed by atoms with Gasteiger partial charge in [-0.15, -0.1) is 0 Å². The predicted octanol–water partition coefficient (Wildman–Crippen LogP) is 4.74. The molecule has 2 aromatic rings. The van der Waals surface area contributed by atoms with Gasteiger partial charge in [-0.2, -0.15) is 5.26 Å². The standard InChI is InChI=1S/C37H47ClN6O6/c1-35(2)31(36(3,4)34(35)50-27-7-5-24(19-39)28(38)17-27)32(46)42-37(12-13-37)44(22-45)25-6-8-30(41-20-25)43-15-10-23(11-16-43)21-49-26-9-14-40-29(18-26)33(47)48/h5-8,17,20,22-23,26,29,31,34,40H,9-16,18,21H2,1-4H3,(H,42,46)(H,47,48)/t26-,29-,31?,34?/m1/s1. The van der Waals surface area contributed by atoms with Gasteiger partial charge in [0.25, 0.3) is 0 Å². The number of benzene rings is 1. The van der Waals surface area contributed by atoms with E-state index in [2.05, 4.69) is 21.6 Å². The van der Waals surface area contributed by atoms with E-state index in [-0.39, 0.29) is 24.0 Å². The van der Waals surface area contributed by atoms with Gasteiger partial charge >= 0.3 is 5.97 Å². The first-order valence-corrected chi connectivity index (χ1v) is 17.9. The second-order valence-electron chi connectivity index (χ2n) is 15.5. The molecule has 0 radical (unpaired) electrons. The summed E-state index contributed by atoms with van der Waals surface area (Å²) < 4.78 is 12.5. The lowest BCUT2D eigenvalue weighted by Gasteiger charge is -2.62. The number of aromatic nitrogens is 1. The van der Waals surface area contributed by atoms with Crippen LogP contribution in [-0.4, -0.2) is 78.5 Å². The van der Waals surface area contributed by atoms with Crippen LogP contribution in [0.15, 0.2) is 36.5 Å². The average Bonchev–Trinajstić information content (AvgIpc) is 3.86. The van der Waals surface area contributed by atoms with E-state index in [1.807, 2.05) is 39.8 Å². The van der Waals surface area contributed by atoms with Crippen LogP contribution in [0.3, 0.4) is 0 Å². The molecule has 2 aliphatic heterocycles. The third-order valence-corrected chi connectivity index (χ3v) is 11.5. The molecule has 50 heavy (non-hydrogen) atoms.